The van der Waals surface area contributed by atoms with Crippen LogP contribution in [0.15, 0.2) is 247 Å². The SMILES string of the molecule is c1ccc(-c2ccc(-c3ccc(N(c4ccc(-c5ccccc5-n5c6ccccc6c6ccccc65)cc4)c4cccc(-c5cccc6oc7ccccc7c56)c4)cc3)cc2)cc1. The van der Waals surface area contributed by atoms with Crippen LogP contribution in [0.5, 0.6) is 0 Å². The number of benzene rings is 10. The van der Waals surface area contributed by atoms with E-state index in [2.05, 4.69) is 240 Å². The predicted octanol–water partition coefficient (Wildman–Crippen LogP) is 16.8. The van der Waals surface area contributed by atoms with Crippen molar-refractivity contribution in [1.82, 2.24) is 4.57 Å². The smallest absolute Gasteiger partial charge is 0.136 e. The minimum atomic E-state index is 0.889. The highest BCUT2D eigenvalue weighted by molar-refractivity contribution is 6.13. The Labute approximate surface area is 366 Å². The van der Waals surface area contributed by atoms with Gasteiger partial charge >= 0.3 is 0 Å². The number of furan rings is 1. The molecule has 2 heterocycles. The number of anilines is 3. The highest BCUT2D eigenvalue weighted by atomic mass is 16.3. The van der Waals surface area contributed by atoms with Crippen molar-refractivity contribution >= 4 is 60.8 Å². The number of nitrogens with zero attached hydrogens (tertiary/aromatic N) is 2. The monoisotopic (exact) mass is 804 g/mol. The third-order valence-corrected chi connectivity index (χ3v) is 12.4. The van der Waals surface area contributed by atoms with E-state index >= 15 is 0 Å². The molecule has 12 rings (SSSR count). The first-order chi connectivity index (χ1) is 31.2. The number of hydrogen-bond donors (Lipinski definition) is 0. The standard InChI is InChI=1S/C60H40N2O/c1-2-14-41(15-3-1)42-28-30-43(31-29-42)44-32-36-47(37-33-44)61(49-17-12-16-46(40-49)51-22-13-27-59-60(51)54-21-7-11-26-58(54)63-59)48-38-34-45(35-39-48)50-18-4-8-23-55(50)62-56-24-9-5-19-52(56)53-20-6-10-25-57(53)62/h1-40H. The number of aromatic nitrogens is 1. The van der Waals surface area contributed by atoms with Crippen molar-refractivity contribution in [3.8, 4) is 50.2 Å². The molecule has 12 aromatic rings. The third kappa shape index (κ3) is 6.38. The number of fused-ring (bicyclic) bond motifs is 6. The molecule has 0 fully saturated rings. The number of hydrogen-bond acceptors (Lipinski definition) is 2. The molecule has 2 aromatic heterocycles. The molecule has 0 atom stereocenters. The molecule has 0 amide bonds. The molecule has 0 saturated carbocycles. The van der Waals surface area contributed by atoms with Gasteiger partial charge in [-0.25, -0.2) is 0 Å². The molecule has 3 nitrogen and oxygen atoms in total. The van der Waals surface area contributed by atoms with Gasteiger partial charge < -0.3 is 13.9 Å². The topological polar surface area (TPSA) is 21.3 Å². The van der Waals surface area contributed by atoms with E-state index in [0.29, 0.717) is 0 Å². The lowest BCUT2D eigenvalue weighted by molar-refractivity contribution is 0.669. The summed E-state index contributed by atoms with van der Waals surface area (Å²) in [5.74, 6) is 0. The molecule has 296 valence electrons. The Morgan fingerprint density at radius 3 is 1.46 bits per heavy atom. The fourth-order valence-electron chi connectivity index (χ4n) is 9.45. The van der Waals surface area contributed by atoms with Crippen LogP contribution in [-0.2, 0) is 0 Å². The van der Waals surface area contributed by atoms with E-state index in [9.17, 15) is 0 Å². The van der Waals surface area contributed by atoms with Gasteiger partial charge in [-0.05, 0) is 106 Å². The second-order valence-corrected chi connectivity index (χ2v) is 16.1. The maximum Gasteiger partial charge on any atom is 0.136 e. The van der Waals surface area contributed by atoms with Crippen LogP contribution in [0.25, 0.3) is 93.9 Å². The molecular formula is C60H40N2O. The van der Waals surface area contributed by atoms with Crippen molar-refractivity contribution in [3.63, 3.8) is 0 Å². The fraction of sp³-hybridized carbons (Fsp3) is 0. The number of rotatable bonds is 8. The molecule has 3 heteroatoms. The Morgan fingerprint density at radius 1 is 0.302 bits per heavy atom. The normalized spacial score (nSPS) is 11.5. The first-order valence-corrected chi connectivity index (χ1v) is 21.5. The second kappa shape index (κ2) is 15.3. The molecule has 0 aliphatic carbocycles. The summed E-state index contributed by atoms with van der Waals surface area (Å²) in [5, 5.41) is 4.76. The Balaban J connectivity index is 0.962. The lowest BCUT2D eigenvalue weighted by Gasteiger charge is -2.26. The zero-order chi connectivity index (χ0) is 41.7. The molecule has 63 heavy (non-hydrogen) atoms. The highest BCUT2D eigenvalue weighted by Gasteiger charge is 2.19. The molecule has 0 saturated heterocycles. The summed E-state index contributed by atoms with van der Waals surface area (Å²) in [6.07, 6.45) is 0. The Kier molecular flexibility index (Phi) is 8.83. The Hall–Kier alpha value is -8.40. The molecule has 0 N–H and O–H groups in total. The van der Waals surface area contributed by atoms with Crippen molar-refractivity contribution in [3.05, 3.63) is 243 Å². The van der Waals surface area contributed by atoms with Crippen molar-refractivity contribution in [2.24, 2.45) is 0 Å². The van der Waals surface area contributed by atoms with Gasteiger partial charge in [-0.3, -0.25) is 0 Å². The average molecular weight is 805 g/mol. The van der Waals surface area contributed by atoms with Gasteiger partial charge in [-0.15, -0.1) is 0 Å². The largest absolute Gasteiger partial charge is 0.456 e. The van der Waals surface area contributed by atoms with Crippen LogP contribution in [-0.4, -0.2) is 4.57 Å². The zero-order valence-corrected chi connectivity index (χ0v) is 34.4. The van der Waals surface area contributed by atoms with Gasteiger partial charge in [0.15, 0.2) is 0 Å². The fourth-order valence-corrected chi connectivity index (χ4v) is 9.45. The van der Waals surface area contributed by atoms with Crippen molar-refractivity contribution in [2.75, 3.05) is 4.90 Å². The summed E-state index contributed by atoms with van der Waals surface area (Å²) >= 11 is 0. The van der Waals surface area contributed by atoms with Crippen LogP contribution in [0.3, 0.4) is 0 Å². The van der Waals surface area contributed by atoms with Crippen LogP contribution in [0, 0.1) is 0 Å². The molecular weight excluding hydrogens is 765 g/mol. The van der Waals surface area contributed by atoms with Crippen LogP contribution < -0.4 is 4.90 Å². The molecule has 0 bridgehead atoms. The summed E-state index contributed by atoms with van der Waals surface area (Å²) in [7, 11) is 0. The van der Waals surface area contributed by atoms with E-state index in [1.807, 2.05) is 12.1 Å². The molecule has 0 aliphatic rings. The third-order valence-electron chi connectivity index (χ3n) is 12.4. The van der Waals surface area contributed by atoms with E-state index in [0.717, 1.165) is 61.4 Å². The lowest BCUT2D eigenvalue weighted by Crippen LogP contribution is -2.10. The van der Waals surface area contributed by atoms with Gasteiger partial charge in [-0.1, -0.05) is 176 Å². The molecule has 10 aromatic carbocycles. The van der Waals surface area contributed by atoms with Gasteiger partial charge in [0.25, 0.3) is 0 Å². The van der Waals surface area contributed by atoms with Crippen molar-refractivity contribution < 1.29 is 4.42 Å². The van der Waals surface area contributed by atoms with Crippen LogP contribution in [0.2, 0.25) is 0 Å². The van der Waals surface area contributed by atoms with Crippen LogP contribution in [0.1, 0.15) is 0 Å². The summed E-state index contributed by atoms with van der Waals surface area (Å²) in [4.78, 5) is 2.36. The van der Waals surface area contributed by atoms with Gasteiger partial charge in [0.1, 0.15) is 11.2 Å². The van der Waals surface area contributed by atoms with E-state index < -0.39 is 0 Å². The molecule has 0 aliphatic heterocycles. The minimum Gasteiger partial charge on any atom is -0.456 e. The maximum absolute atomic E-state index is 6.32. The van der Waals surface area contributed by atoms with E-state index in [-0.39, 0.29) is 0 Å². The zero-order valence-electron chi connectivity index (χ0n) is 34.4. The van der Waals surface area contributed by atoms with Crippen molar-refractivity contribution in [2.45, 2.75) is 0 Å². The molecule has 0 spiro atoms. The molecule has 0 radical (unpaired) electrons. The highest BCUT2D eigenvalue weighted by Crippen LogP contribution is 2.42. The summed E-state index contributed by atoms with van der Waals surface area (Å²) < 4.78 is 8.73. The quantitative estimate of drug-likeness (QED) is 0.153. The number of para-hydroxylation sites is 4. The second-order valence-electron chi connectivity index (χ2n) is 16.1. The Bertz CT molecular complexity index is 3550. The minimum absolute atomic E-state index is 0.889. The van der Waals surface area contributed by atoms with Crippen LogP contribution in [0.4, 0.5) is 17.1 Å². The first kappa shape index (κ1) is 36.5. The maximum atomic E-state index is 6.32. The van der Waals surface area contributed by atoms with E-state index in [4.69, 9.17) is 4.42 Å². The lowest BCUT2D eigenvalue weighted by atomic mass is 9.98. The van der Waals surface area contributed by atoms with Gasteiger partial charge in [0, 0.05) is 44.2 Å². The Morgan fingerprint density at radius 2 is 0.778 bits per heavy atom. The van der Waals surface area contributed by atoms with Crippen LogP contribution >= 0.6 is 0 Å². The van der Waals surface area contributed by atoms with E-state index in [1.54, 1.807) is 0 Å². The summed E-state index contributed by atoms with van der Waals surface area (Å²) in [5.41, 5.74) is 17.9. The predicted molar refractivity (Wildman–Crippen MR) is 264 cm³/mol. The summed E-state index contributed by atoms with van der Waals surface area (Å²) in [6.45, 7) is 0. The van der Waals surface area contributed by atoms with E-state index in [1.165, 1.54) is 49.6 Å². The van der Waals surface area contributed by atoms with Gasteiger partial charge in [-0.2, -0.15) is 0 Å². The van der Waals surface area contributed by atoms with Gasteiger partial charge in [0.05, 0.1) is 16.7 Å². The van der Waals surface area contributed by atoms with Crippen molar-refractivity contribution in [1.29, 1.82) is 0 Å². The first-order valence-electron chi connectivity index (χ1n) is 21.5. The molecule has 0 unspecified atom stereocenters. The average Bonchev–Trinajstić information content (AvgIpc) is 3.91. The van der Waals surface area contributed by atoms with Gasteiger partial charge in [0.2, 0.25) is 0 Å². The summed E-state index contributed by atoms with van der Waals surface area (Å²) in [6, 6.07) is 87.1.